The summed E-state index contributed by atoms with van der Waals surface area (Å²) in [5.74, 6) is 0.767. The Morgan fingerprint density at radius 3 is 3.00 bits per heavy atom. The van der Waals surface area contributed by atoms with Gasteiger partial charge in [-0.05, 0) is 31.7 Å². The summed E-state index contributed by atoms with van der Waals surface area (Å²) in [7, 11) is 0. The Balaban J connectivity index is 2.43. The van der Waals surface area contributed by atoms with Gasteiger partial charge in [-0.2, -0.15) is 0 Å². The molecule has 1 rings (SSSR count). The van der Waals surface area contributed by atoms with Crippen LogP contribution < -0.4 is 5.73 Å². The van der Waals surface area contributed by atoms with Crippen LogP contribution in [0.3, 0.4) is 0 Å². The van der Waals surface area contributed by atoms with E-state index in [1.807, 2.05) is 6.08 Å². The molecule has 2 N–H and O–H groups in total. The van der Waals surface area contributed by atoms with Gasteiger partial charge in [0.1, 0.15) is 0 Å². The van der Waals surface area contributed by atoms with Gasteiger partial charge in [0.15, 0.2) is 0 Å². The summed E-state index contributed by atoms with van der Waals surface area (Å²) in [5, 5.41) is 0. The molecule has 2 heteroatoms. The van der Waals surface area contributed by atoms with Crippen LogP contribution in [0.15, 0.2) is 12.7 Å². The number of nitrogens with two attached hydrogens (primary N) is 1. The lowest BCUT2D eigenvalue weighted by Gasteiger charge is -2.39. The fraction of sp³-hybridized carbons (Fsp3) is 0.818. The lowest BCUT2D eigenvalue weighted by Crippen LogP contribution is -2.48. The summed E-state index contributed by atoms with van der Waals surface area (Å²) in [6, 6.07) is 0.605. The molecule has 2 unspecified atom stereocenters. The first kappa shape index (κ1) is 10.7. The normalized spacial score (nSPS) is 30.3. The van der Waals surface area contributed by atoms with E-state index in [1.165, 1.54) is 19.4 Å². The Morgan fingerprint density at radius 2 is 2.38 bits per heavy atom. The van der Waals surface area contributed by atoms with E-state index in [-0.39, 0.29) is 0 Å². The minimum Gasteiger partial charge on any atom is -0.329 e. The number of nitrogens with zero attached hydrogens (tertiary/aromatic N) is 1. The van der Waals surface area contributed by atoms with Crippen molar-refractivity contribution in [2.24, 2.45) is 11.7 Å². The summed E-state index contributed by atoms with van der Waals surface area (Å²) in [6.45, 7) is 9.23. The van der Waals surface area contributed by atoms with E-state index in [0.717, 1.165) is 25.4 Å². The molecule has 0 spiro atoms. The maximum atomic E-state index is 5.79. The van der Waals surface area contributed by atoms with Crippen molar-refractivity contribution in [1.82, 2.24) is 4.90 Å². The Hall–Kier alpha value is -0.340. The Labute approximate surface area is 81.8 Å². The van der Waals surface area contributed by atoms with Crippen LogP contribution in [0, 0.1) is 5.92 Å². The summed E-state index contributed by atoms with van der Waals surface area (Å²) >= 11 is 0. The van der Waals surface area contributed by atoms with Crippen LogP contribution in [0.25, 0.3) is 0 Å². The van der Waals surface area contributed by atoms with E-state index in [2.05, 4.69) is 18.4 Å². The summed E-state index contributed by atoms with van der Waals surface area (Å²) in [6.07, 6.45) is 5.75. The highest BCUT2D eigenvalue weighted by molar-refractivity contribution is 4.84. The average Bonchev–Trinajstić information content (AvgIpc) is 2.15. The van der Waals surface area contributed by atoms with E-state index in [1.54, 1.807) is 0 Å². The van der Waals surface area contributed by atoms with Crippen LogP contribution in [0.5, 0.6) is 0 Å². The molecule has 1 aliphatic heterocycles. The minimum absolute atomic E-state index is 0.605. The third-order valence-corrected chi connectivity index (χ3v) is 3.09. The monoisotopic (exact) mass is 182 g/mol. The van der Waals surface area contributed by atoms with Crippen molar-refractivity contribution >= 4 is 0 Å². The molecule has 2 nitrogen and oxygen atoms in total. The second-order valence-corrected chi connectivity index (χ2v) is 4.04. The number of piperidine rings is 1. The lowest BCUT2D eigenvalue weighted by molar-refractivity contribution is 0.109. The van der Waals surface area contributed by atoms with Crippen LogP contribution in [0.4, 0.5) is 0 Å². The molecule has 0 saturated carbocycles. The topological polar surface area (TPSA) is 29.3 Å². The first-order valence-electron chi connectivity index (χ1n) is 5.34. The predicted octanol–water partition coefficient (Wildman–Crippen LogP) is 1.62. The lowest BCUT2D eigenvalue weighted by atomic mass is 9.91. The zero-order valence-corrected chi connectivity index (χ0v) is 8.71. The molecule has 0 aromatic carbocycles. The van der Waals surface area contributed by atoms with Crippen LogP contribution in [0.1, 0.15) is 26.2 Å². The molecule has 1 heterocycles. The summed E-state index contributed by atoms with van der Waals surface area (Å²) in [4.78, 5) is 2.52. The standard InChI is InChI=1S/C11H22N2/c1-3-4-7-13-8-5-6-10(2)11(13)9-12/h3,10-11H,1,4-9,12H2,2H3. The molecule has 0 aliphatic carbocycles. The first-order chi connectivity index (χ1) is 6.29. The molecular weight excluding hydrogens is 160 g/mol. The average molecular weight is 182 g/mol. The fourth-order valence-corrected chi connectivity index (χ4v) is 2.25. The van der Waals surface area contributed by atoms with Crippen LogP contribution in [-0.4, -0.2) is 30.6 Å². The van der Waals surface area contributed by atoms with Gasteiger partial charge in [-0.15, -0.1) is 6.58 Å². The van der Waals surface area contributed by atoms with Gasteiger partial charge in [0.25, 0.3) is 0 Å². The third kappa shape index (κ3) is 2.82. The van der Waals surface area contributed by atoms with Crippen molar-refractivity contribution in [3.05, 3.63) is 12.7 Å². The predicted molar refractivity (Wildman–Crippen MR) is 57.6 cm³/mol. The highest BCUT2D eigenvalue weighted by atomic mass is 15.2. The van der Waals surface area contributed by atoms with Gasteiger partial charge < -0.3 is 5.73 Å². The van der Waals surface area contributed by atoms with Crippen molar-refractivity contribution in [3.63, 3.8) is 0 Å². The van der Waals surface area contributed by atoms with Crippen molar-refractivity contribution in [1.29, 1.82) is 0 Å². The van der Waals surface area contributed by atoms with Gasteiger partial charge >= 0.3 is 0 Å². The van der Waals surface area contributed by atoms with Crippen molar-refractivity contribution in [3.8, 4) is 0 Å². The van der Waals surface area contributed by atoms with Crippen LogP contribution >= 0.6 is 0 Å². The Kier molecular flexibility index (Phi) is 4.46. The smallest absolute Gasteiger partial charge is 0.0244 e. The molecule has 0 bridgehead atoms. The number of hydrogen-bond donors (Lipinski definition) is 1. The van der Waals surface area contributed by atoms with Gasteiger partial charge in [0.05, 0.1) is 0 Å². The molecular formula is C11H22N2. The van der Waals surface area contributed by atoms with Gasteiger partial charge in [0.2, 0.25) is 0 Å². The molecule has 76 valence electrons. The summed E-state index contributed by atoms with van der Waals surface area (Å²) < 4.78 is 0. The van der Waals surface area contributed by atoms with Crippen LogP contribution in [-0.2, 0) is 0 Å². The maximum Gasteiger partial charge on any atom is 0.0244 e. The molecule has 2 atom stereocenters. The number of likely N-dealkylation sites (tertiary alicyclic amines) is 1. The van der Waals surface area contributed by atoms with E-state index in [9.17, 15) is 0 Å². The maximum absolute atomic E-state index is 5.79. The minimum atomic E-state index is 0.605. The van der Waals surface area contributed by atoms with E-state index < -0.39 is 0 Å². The molecule has 0 aromatic heterocycles. The van der Waals surface area contributed by atoms with E-state index >= 15 is 0 Å². The molecule has 0 aromatic rings. The highest BCUT2D eigenvalue weighted by Gasteiger charge is 2.26. The first-order valence-corrected chi connectivity index (χ1v) is 5.34. The van der Waals surface area contributed by atoms with Crippen molar-refractivity contribution in [2.75, 3.05) is 19.6 Å². The third-order valence-electron chi connectivity index (χ3n) is 3.09. The molecule has 0 radical (unpaired) electrons. The van der Waals surface area contributed by atoms with E-state index in [0.29, 0.717) is 6.04 Å². The zero-order valence-electron chi connectivity index (χ0n) is 8.71. The molecule has 13 heavy (non-hydrogen) atoms. The second-order valence-electron chi connectivity index (χ2n) is 4.04. The van der Waals surface area contributed by atoms with Gasteiger partial charge in [-0.25, -0.2) is 0 Å². The fourth-order valence-electron chi connectivity index (χ4n) is 2.25. The zero-order chi connectivity index (χ0) is 9.68. The quantitative estimate of drug-likeness (QED) is 0.669. The van der Waals surface area contributed by atoms with Crippen LogP contribution in [0.2, 0.25) is 0 Å². The SMILES string of the molecule is C=CCCN1CCCC(C)C1CN. The molecule has 1 saturated heterocycles. The van der Waals surface area contributed by atoms with Gasteiger partial charge in [-0.3, -0.25) is 4.90 Å². The molecule has 1 aliphatic rings. The Morgan fingerprint density at radius 1 is 1.62 bits per heavy atom. The van der Waals surface area contributed by atoms with Crippen molar-refractivity contribution < 1.29 is 0 Å². The number of rotatable bonds is 4. The largest absolute Gasteiger partial charge is 0.329 e. The number of hydrogen-bond acceptors (Lipinski definition) is 2. The highest BCUT2D eigenvalue weighted by Crippen LogP contribution is 2.22. The van der Waals surface area contributed by atoms with E-state index in [4.69, 9.17) is 5.73 Å². The second kappa shape index (κ2) is 5.40. The van der Waals surface area contributed by atoms with Crippen molar-refractivity contribution in [2.45, 2.75) is 32.2 Å². The Bertz CT molecular complexity index is 156. The molecule has 0 amide bonds. The summed E-state index contributed by atoms with van der Waals surface area (Å²) in [5.41, 5.74) is 5.79. The molecule has 1 fully saturated rings. The van der Waals surface area contributed by atoms with Gasteiger partial charge in [0, 0.05) is 19.1 Å². The van der Waals surface area contributed by atoms with Gasteiger partial charge in [-0.1, -0.05) is 13.0 Å².